The van der Waals surface area contributed by atoms with Crippen molar-refractivity contribution < 1.29 is 13.9 Å². The molecule has 6 nitrogen and oxygen atoms in total. The van der Waals surface area contributed by atoms with Crippen LogP contribution in [0.3, 0.4) is 0 Å². The molecule has 0 fully saturated rings. The lowest BCUT2D eigenvalue weighted by atomic mass is 10.0. The van der Waals surface area contributed by atoms with Gasteiger partial charge < -0.3 is 13.7 Å². The number of fused-ring (bicyclic) bond motifs is 1. The molecular weight excluding hydrogens is 296 g/mol. The first-order chi connectivity index (χ1) is 11.0. The van der Waals surface area contributed by atoms with Crippen molar-refractivity contribution in [1.29, 1.82) is 0 Å². The number of nitrogens with zero attached hydrogens (tertiary/aromatic N) is 2. The van der Waals surface area contributed by atoms with Gasteiger partial charge in [0.05, 0.1) is 42.3 Å². The van der Waals surface area contributed by atoms with Gasteiger partial charge in [-0.3, -0.25) is 9.78 Å². The number of furan rings is 1. The maximum absolute atomic E-state index is 12.8. The minimum absolute atomic E-state index is 0.214. The van der Waals surface area contributed by atoms with E-state index in [4.69, 9.17) is 9.15 Å². The Morgan fingerprint density at radius 3 is 2.74 bits per heavy atom. The highest BCUT2D eigenvalue weighted by Gasteiger charge is 2.19. The number of carbonyl (C=O) groups is 1. The van der Waals surface area contributed by atoms with Crippen molar-refractivity contribution in [2.75, 3.05) is 7.11 Å². The Balaban J connectivity index is 2.25. The van der Waals surface area contributed by atoms with Crippen LogP contribution in [-0.2, 0) is 11.3 Å². The quantitative estimate of drug-likeness (QED) is 0.694. The highest BCUT2D eigenvalue weighted by Crippen LogP contribution is 2.22. The van der Waals surface area contributed by atoms with Gasteiger partial charge in [-0.15, -0.1) is 0 Å². The van der Waals surface area contributed by atoms with Crippen LogP contribution in [-0.4, -0.2) is 22.6 Å². The molecule has 0 atom stereocenters. The molecule has 0 amide bonds. The third kappa shape index (κ3) is 2.52. The van der Waals surface area contributed by atoms with E-state index < -0.39 is 5.97 Å². The molecule has 0 saturated carbocycles. The molecule has 0 aliphatic carbocycles. The van der Waals surface area contributed by atoms with E-state index in [0.29, 0.717) is 40.0 Å². The van der Waals surface area contributed by atoms with Crippen molar-refractivity contribution in [3.8, 4) is 0 Å². The Morgan fingerprint density at radius 1 is 1.30 bits per heavy atom. The van der Waals surface area contributed by atoms with E-state index in [9.17, 15) is 9.59 Å². The van der Waals surface area contributed by atoms with Crippen LogP contribution in [0.25, 0.3) is 10.8 Å². The topological polar surface area (TPSA) is 74.3 Å². The third-order valence-corrected chi connectivity index (χ3v) is 3.79. The number of pyridine rings is 2. The molecule has 3 aromatic heterocycles. The molecule has 6 heteroatoms. The number of methoxy groups -OCH3 is 1. The summed E-state index contributed by atoms with van der Waals surface area (Å²) >= 11 is 0. The summed E-state index contributed by atoms with van der Waals surface area (Å²) in [7, 11) is 1.31. The van der Waals surface area contributed by atoms with Crippen molar-refractivity contribution in [2.45, 2.75) is 20.4 Å². The van der Waals surface area contributed by atoms with Crippen LogP contribution in [0.4, 0.5) is 0 Å². The third-order valence-electron chi connectivity index (χ3n) is 3.79. The lowest BCUT2D eigenvalue weighted by Crippen LogP contribution is -2.22. The average molecular weight is 312 g/mol. The zero-order valence-corrected chi connectivity index (χ0v) is 13.1. The first-order valence-corrected chi connectivity index (χ1v) is 7.14. The van der Waals surface area contributed by atoms with E-state index >= 15 is 0 Å². The van der Waals surface area contributed by atoms with Crippen LogP contribution >= 0.6 is 0 Å². The summed E-state index contributed by atoms with van der Waals surface area (Å²) in [6, 6.07) is 5.32. The molecule has 3 aromatic rings. The van der Waals surface area contributed by atoms with Gasteiger partial charge in [0.15, 0.2) is 0 Å². The van der Waals surface area contributed by atoms with Gasteiger partial charge in [-0.25, -0.2) is 4.79 Å². The molecule has 23 heavy (non-hydrogen) atoms. The van der Waals surface area contributed by atoms with Gasteiger partial charge >= 0.3 is 5.97 Å². The van der Waals surface area contributed by atoms with Crippen LogP contribution in [0.2, 0.25) is 0 Å². The fourth-order valence-corrected chi connectivity index (χ4v) is 2.75. The highest BCUT2D eigenvalue weighted by atomic mass is 16.5. The maximum Gasteiger partial charge on any atom is 0.340 e. The summed E-state index contributed by atoms with van der Waals surface area (Å²) in [5, 5.41) is 0.979. The fourth-order valence-electron chi connectivity index (χ4n) is 2.75. The molecule has 3 rings (SSSR count). The smallest absolute Gasteiger partial charge is 0.340 e. The Labute approximate surface area is 132 Å². The average Bonchev–Trinajstić information content (AvgIpc) is 3.02. The Bertz CT molecular complexity index is 939. The molecule has 0 saturated heterocycles. The molecular formula is C17H16N2O4. The summed E-state index contributed by atoms with van der Waals surface area (Å²) in [6.45, 7) is 3.81. The lowest BCUT2D eigenvalue weighted by molar-refractivity contribution is 0.0601. The van der Waals surface area contributed by atoms with Gasteiger partial charge in [-0.05, 0) is 32.0 Å². The molecule has 118 valence electrons. The number of ether oxygens (including phenoxy) is 1. The van der Waals surface area contributed by atoms with Crippen LogP contribution in [0.1, 0.15) is 27.5 Å². The van der Waals surface area contributed by atoms with E-state index in [1.54, 1.807) is 44.5 Å². The molecule has 0 aliphatic rings. The van der Waals surface area contributed by atoms with E-state index in [-0.39, 0.29) is 5.56 Å². The molecule has 3 heterocycles. The Kier molecular flexibility index (Phi) is 3.73. The number of carbonyl (C=O) groups excluding carboxylic acids is 1. The molecule has 0 aromatic carbocycles. The predicted molar refractivity (Wildman–Crippen MR) is 84.6 cm³/mol. The van der Waals surface area contributed by atoms with Crippen molar-refractivity contribution in [2.24, 2.45) is 0 Å². The van der Waals surface area contributed by atoms with Crippen molar-refractivity contribution in [1.82, 2.24) is 9.55 Å². The minimum atomic E-state index is -0.497. The number of aryl methyl sites for hydroxylation is 2. The molecule has 0 aliphatic heterocycles. The van der Waals surface area contributed by atoms with E-state index in [2.05, 4.69) is 4.98 Å². The minimum Gasteiger partial charge on any atom is -0.467 e. The van der Waals surface area contributed by atoms with Gasteiger partial charge in [0.25, 0.3) is 5.56 Å². The fraction of sp³-hybridized carbons (Fsp3) is 0.235. The van der Waals surface area contributed by atoms with Gasteiger partial charge in [0, 0.05) is 11.6 Å². The number of hydrogen-bond donors (Lipinski definition) is 0. The second kappa shape index (κ2) is 5.72. The standard InChI is InChI=1S/C17H16N2O4/c1-10-14-13(15(11(2)18-10)17(21)22-3)6-7-19(16(14)20)9-12-5-4-8-23-12/h4-8H,9H2,1-3H3. The van der Waals surface area contributed by atoms with Gasteiger partial charge in [0.2, 0.25) is 0 Å². The van der Waals surface area contributed by atoms with E-state index in [1.165, 1.54) is 11.7 Å². The normalized spacial score (nSPS) is 10.9. The van der Waals surface area contributed by atoms with Crippen LogP contribution in [0.15, 0.2) is 39.9 Å². The molecule has 0 unspecified atom stereocenters. The number of esters is 1. The van der Waals surface area contributed by atoms with Gasteiger partial charge in [0.1, 0.15) is 5.76 Å². The number of hydrogen-bond acceptors (Lipinski definition) is 5. The van der Waals surface area contributed by atoms with Crippen molar-refractivity contribution >= 4 is 16.7 Å². The summed E-state index contributed by atoms with van der Waals surface area (Å²) in [6.07, 6.45) is 3.21. The summed E-state index contributed by atoms with van der Waals surface area (Å²) in [5.74, 6) is 0.181. The number of aromatic nitrogens is 2. The summed E-state index contributed by atoms with van der Waals surface area (Å²) < 4.78 is 11.6. The molecule has 0 spiro atoms. The van der Waals surface area contributed by atoms with Gasteiger partial charge in [-0.1, -0.05) is 0 Å². The van der Waals surface area contributed by atoms with Gasteiger partial charge in [-0.2, -0.15) is 0 Å². The van der Waals surface area contributed by atoms with E-state index in [1.807, 2.05) is 0 Å². The summed E-state index contributed by atoms with van der Waals surface area (Å²) in [5.41, 5.74) is 1.25. The number of rotatable bonds is 3. The zero-order chi connectivity index (χ0) is 16.6. The Hall–Kier alpha value is -2.89. The maximum atomic E-state index is 12.8. The summed E-state index contributed by atoms with van der Waals surface area (Å²) in [4.78, 5) is 29.1. The first-order valence-electron chi connectivity index (χ1n) is 7.14. The van der Waals surface area contributed by atoms with Crippen LogP contribution < -0.4 is 5.56 Å². The highest BCUT2D eigenvalue weighted by molar-refractivity contribution is 6.05. The van der Waals surface area contributed by atoms with Crippen molar-refractivity contribution in [3.63, 3.8) is 0 Å². The SMILES string of the molecule is COC(=O)c1c(C)nc(C)c2c(=O)n(Cc3ccco3)ccc12. The second-order valence-electron chi connectivity index (χ2n) is 5.27. The second-order valence-corrected chi connectivity index (χ2v) is 5.27. The largest absolute Gasteiger partial charge is 0.467 e. The Morgan fingerprint density at radius 2 is 2.09 bits per heavy atom. The molecule has 0 N–H and O–H groups in total. The molecule has 0 radical (unpaired) electrons. The lowest BCUT2D eigenvalue weighted by Gasteiger charge is -2.12. The van der Waals surface area contributed by atoms with Crippen LogP contribution in [0, 0.1) is 13.8 Å². The molecule has 0 bridgehead atoms. The van der Waals surface area contributed by atoms with E-state index in [0.717, 1.165) is 0 Å². The van der Waals surface area contributed by atoms with Crippen molar-refractivity contribution in [3.05, 3.63) is 63.7 Å². The first kappa shape index (κ1) is 15.0. The van der Waals surface area contributed by atoms with Crippen LogP contribution in [0.5, 0.6) is 0 Å². The predicted octanol–water partition coefficient (Wildman–Crippen LogP) is 2.44. The zero-order valence-electron chi connectivity index (χ0n) is 13.1. The monoisotopic (exact) mass is 312 g/mol.